The van der Waals surface area contributed by atoms with Gasteiger partial charge in [-0.3, -0.25) is 4.98 Å². The van der Waals surface area contributed by atoms with Crippen LogP contribution in [0.1, 0.15) is 37.2 Å². The van der Waals surface area contributed by atoms with Crippen LogP contribution in [0.2, 0.25) is 5.02 Å². The number of anilines is 2. The Balaban J connectivity index is 1.35. The van der Waals surface area contributed by atoms with E-state index < -0.39 is 0 Å². The number of ether oxygens (including phenoxy) is 2. The summed E-state index contributed by atoms with van der Waals surface area (Å²) < 4.78 is 14.1. The van der Waals surface area contributed by atoms with Crippen LogP contribution in [0.25, 0.3) is 10.9 Å². The Bertz CT molecular complexity index is 1660. The first-order chi connectivity index (χ1) is 21.3. The molecule has 0 saturated carbocycles. The third-order valence-corrected chi connectivity index (χ3v) is 9.70. The summed E-state index contributed by atoms with van der Waals surface area (Å²) in [4.78, 5) is 15.2. The van der Waals surface area contributed by atoms with Crippen LogP contribution in [0.3, 0.4) is 0 Å². The number of aryl methyl sites for hydroxylation is 1. The van der Waals surface area contributed by atoms with Crippen LogP contribution in [0.4, 0.5) is 11.4 Å². The number of likely N-dealkylation sites (N-methyl/N-ethyl adjacent to an activating group) is 1. The van der Waals surface area contributed by atoms with Crippen molar-refractivity contribution in [2.24, 2.45) is 0 Å². The van der Waals surface area contributed by atoms with Crippen molar-refractivity contribution in [3.8, 4) is 17.6 Å². The maximum atomic E-state index is 9.97. The van der Waals surface area contributed by atoms with E-state index in [2.05, 4.69) is 51.5 Å². The van der Waals surface area contributed by atoms with Gasteiger partial charge >= 0.3 is 0 Å². The van der Waals surface area contributed by atoms with Gasteiger partial charge in [0.1, 0.15) is 6.07 Å². The number of benzene rings is 2. The predicted octanol–water partition coefficient (Wildman–Crippen LogP) is 6.90. The van der Waals surface area contributed by atoms with Crippen molar-refractivity contribution >= 4 is 45.6 Å². The fourth-order valence-electron chi connectivity index (χ4n) is 5.47. The molecule has 0 aliphatic carbocycles. The summed E-state index contributed by atoms with van der Waals surface area (Å²) in [7, 11) is 1.63. The highest BCUT2D eigenvalue weighted by atomic mass is 35.5. The minimum Gasteiger partial charge on any atom is -0.493 e. The Kier molecular flexibility index (Phi) is 10.5. The molecule has 0 radical (unpaired) electrons. The lowest BCUT2D eigenvalue weighted by Gasteiger charge is -2.33. The average molecular weight is 634 g/mol. The number of aromatic nitrogens is 3. The molecule has 1 fully saturated rings. The zero-order valence-corrected chi connectivity index (χ0v) is 27.7. The van der Waals surface area contributed by atoms with Gasteiger partial charge < -0.3 is 29.2 Å². The van der Waals surface area contributed by atoms with Crippen molar-refractivity contribution in [1.29, 1.82) is 5.26 Å². The van der Waals surface area contributed by atoms with Crippen LogP contribution >= 0.6 is 23.4 Å². The van der Waals surface area contributed by atoms with Gasteiger partial charge in [0.2, 0.25) is 0 Å². The number of piperazine rings is 1. The van der Waals surface area contributed by atoms with Gasteiger partial charge in [-0.2, -0.15) is 5.26 Å². The van der Waals surface area contributed by atoms with Crippen LogP contribution < -0.4 is 14.8 Å². The second-order valence-corrected chi connectivity index (χ2v) is 12.3. The molecule has 2 aromatic carbocycles. The second-order valence-electron chi connectivity index (χ2n) is 10.8. The van der Waals surface area contributed by atoms with Crippen molar-refractivity contribution in [2.45, 2.75) is 50.7 Å². The number of nitrogens with one attached hydrogen (secondary N) is 1. The van der Waals surface area contributed by atoms with Crippen molar-refractivity contribution in [3.63, 3.8) is 0 Å². The van der Waals surface area contributed by atoms with Gasteiger partial charge in [0.25, 0.3) is 0 Å². The number of hydrogen-bond acceptors (Lipinski definition) is 9. The molecule has 0 bridgehead atoms. The molecule has 1 saturated heterocycles. The van der Waals surface area contributed by atoms with E-state index >= 15 is 0 Å². The molecule has 44 heavy (non-hydrogen) atoms. The zero-order chi connectivity index (χ0) is 31.2. The molecule has 2 aromatic heterocycles. The molecule has 0 atom stereocenters. The molecule has 1 N–H and O–H groups in total. The number of imidazole rings is 1. The molecule has 0 spiro atoms. The molecule has 11 heteroatoms. The number of methoxy groups -OCH3 is 1. The lowest BCUT2D eigenvalue weighted by atomic mass is 10.1. The largest absolute Gasteiger partial charge is 0.493 e. The molecule has 5 rings (SSSR count). The molecular weight excluding hydrogens is 594 g/mol. The topological polar surface area (TPSA) is 91.5 Å². The third-order valence-electron chi connectivity index (χ3n) is 8.20. The van der Waals surface area contributed by atoms with E-state index in [1.54, 1.807) is 13.3 Å². The molecule has 3 heterocycles. The fraction of sp³-hybridized carbons (Fsp3) is 0.424. The Hall–Kier alpha value is -3.49. The monoisotopic (exact) mass is 633 g/mol. The molecule has 0 unspecified atom stereocenters. The molecule has 1 aliphatic rings. The summed E-state index contributed by atoms with van der Waals surface area (Å²) in [5, 5.41) is 15.7. The Morgan fingerprint density at radius 3 is 2.52 bits per heavy atom. The third kappa shape index (κ3) is 7.08. The molecule has 4 aromatic rings. The summed E-state index contributed by atoms with van der Waals surface area (Å²) in [6.07, 6.45) is 2.52. The predicted molar refractivity (Wildman–Crippen MR) is 178 cm³/mol. The normalized spacial score (nSPS) is 14.1. The van der Waals surface area contributed by atoms with Crippen LogP contribution in [-0.4, -0.2) is 77.3 Å². The van der Waals surface area contributed by atoms with E-state index in [4.69, 9.17) is 26.1 Å². The lowest BCUT2D eigenvalue weighted by molar-refractivity contribution is 0.130. The van der Waals surface area contributed by atoms with Gasteiger partial charge in [-0.15, -0.1) is 0 Å². The number of nitriles is 1. The van der Waals surface area contributed by atoms with Gasteiger partial charge in [-0.25, -0.2) is 4.98 Å². The lowest BCUT2D eigenvalue weighted by Crippen LogP contribution is -2.46. The van der Waals surface area contributed by atoms with Crippen LogP contribution in [0, 0.1) is 25.2 Å². The number of fused-ring (bicyclic) bond motifs is 1. The van der Waals surface area contributed by atoms with Crippen LogP contribution in [0.5, 0.6) is 11.5 Å². The number of rotatable bonds is 12. The number of pyridine rings is 1. The Morgan fingerprint density at radius 1 is 1.05 bits per heavy atom. The van der Waals surface area contributed by atoms with E-state index in [1.807, 2.05) is 37.3 Å². The van der Waals surface area contributed by atoms with Gasteiger partial charge in [0, 0.05) is 73.2 Å². The van der Waals surface area contributed by atoms with Crippen molar-refractivity contribution in [1.82, 2.24) is 24.3 Å². The summed E-state index contributed by atoms with van der Waals surface area (Å²) >= 11 is 8.15. The fourth-order valence-corrected chi connectivity index (χ4v) is 6.81. The number of nitrogens with zero attached hydrogens (tertiary/aromatic N) is 6. The smallest absolute Gasteiger partial charge is 0.173 e. The number of halogens is 1. The van der Waals surface area contributed by atoms with Crippen molar-refractivity contribution in [2.75, 3.05) is 58.3 Å². The van der Waals surface area contributed by atoms with Crippen molar-refractivity contribution in [3.05, 3.63) is 58.5 Å². The average Bonchev–Trinajstić information content (AvgIpc) is 3.31. The van der Waals surface area contributed by atoms with E-state index in [1.165, 1.54) is 11.8 Å². The highest BCUT2D eigenvalue weighted by Gasteiger charge is 2.18. The first kappa shape index (κ1) is 31.9. The summed E-state index contributed by atoms with van der Waals surface area (Å²) in [6, 6.07) is 11.8. The van der Waals surface area contributed by atoms with Gasteiger partial charge in [0.15, 0.2) is 16.7 Å². The molecule has 1 aliphatic heterocycles. The van der Waals surface area contributed by atoms with Gasteiger partial charge in [0.05, 0.1) is 41.2 Å². The van der Waals surface area contributed by atoms with Crippen molar-refractivity contribution < 1.29 is 9.47 Å². The van der Waals surface area contributed by atoms with Crippen LogP contribution in [0.15, 0.2) is 46.6 Å². The highest BCUT2D eigenvalue weighted by Crippen LogP contribution is 2.39. The second kappa shape index (κ2) is 14.5. The standard InChI is InChI=1S/C33H40ClN7O2S/c1-6-39-12-14-40(15-13-39)11-8-16-43-30-19-28-26(18-29(30)42-5)32(24(20-35)21-36-28)38-25-9-10-27(34)31(17-25)44-33-37-22(3)23(4)41(33)7-2/h9-10,17-19,21H,6-8,11-16H2,1-5H3,(H,36,38). The summed E-state index contributed by atoms with van der Waals surface area (Å²) in [5.41, 5.74) is 4.72. The number of hydrogen-bond donors (Lipinski definition) is 1. The zero-order valence-electron chi connectivity index (χ0n) is 26.1. The molecule has 232 valence electrons. The van der Waals surface area contributed by atoms with Gasteiger partial charge in [-0.05, 0) is 69.8 Å². The summed E-state index contributed by atoms with van der Waals surface area (Å²) in [5.74, 6) is 1.24. The van der Waals surface area contributed by atoms with E-state index in [9.17, 15) is 5.26 Å². The first-order valence-electron chi connectivity index (χ1n) is 15.1. The highest BCUT2D eigenvalue weighted by molar-refractivity contribution is 7.99. The minimum atomic E-state index is 0.424. The molecule has 9 nitrogen and oxygen atoms in total. The molecular formula is C33H40ClN7O2S. The maximum Gasteiger partial charge on any atom is 0.173 e. The van der Waals surface area contributed by atoms with E-state index in [0.29, 0.717) is 39.9 Å². The SMILES string of the molecule is CCN1CCN(CCCOc2cc3ncc(C#N)c(Nc4ccc(Cl)c(Sc5nc(C)c(C)n5CC)c4)c3cc2OC)CC1. The minimum absolute atomic E-state index is 0.424. The van der Waals surface area contributed by atoms with E-state index in [0.717, 1.165) is 84.7 Å². The first-order valence-corrected chi connectivity index (χ1v) is 16.3. The Labute approximate surface area is 269 Å². The maximum absolute atomic E-state index is 9.97. The quantitative estimate of drug-likeness (QED) is 0.167. The molecule has 0 amide bonds. The van der Waals surface area contributed by atoms with E-state index in [-0.39, 0.29) is 0 Å². The van der Waals surface area contributed by atoms with Gasteiger partial charge in [-0.1, -0.05) is 18.5 Å². The summed E-state index contributed by atoms with van der Waals surface area (Å²) in [6.45, 7) is 16.4. The van der Waals surface area contributed by atoms with Crippen LogP contribution in [-0.2, 0) is 6.54 Å². The Morgan fingerprint density at radius 2 is 1.82 bits per heavy atom.